The Hall–Kier alpha value is -4.86. The number of anilines is 3. The SMILES string of the molecule is CC12C(=O)N(c3ccc(O)cc3)C(=O)C1C1(C)C(=O)N(c3ccc(OCOc4ccc(N)cc4)cc3)C(=O)C21. The summed E-state index contributed by atoms with van der Waals surface area (Å²) in [5.41, 5.74) is 4.18. The van der Waals surface area contributed by atoms with Gasteiger partial charge >= 0.3 is 0 Å². The standard InChI is InChI=1S/C29H25N3O7/c1-28-22(24(34)31(26(28)36)17-5-9-19(33)10-6-17)29(2)23(28)25(35)32(27(29)37)18-7-13-21(14-8-18)39-15-38-20-11-3-16(30)4-12-20/h3-14,22-23,33H,15,30H2,1-2H3. The van der Waals surface area contributed by atoms with Gasteiger partial charge in [-0.3, -0.25) is 19.2 Å². The summed E-state index contributed by atoms with van der Waals surface area (Å²) >= 11 is 0. The van der Waals surface area contributed by atoms with E-state index in [2.05, 4.69) is 0 Å². The van der Waals surface area contributed by atoms with Crippen LogP contribution in [0.2, 0.25) is 0 Å². The van der Waals surface area contributed by atoms with Crippen molar-refractivity contribution in [1.82, 2.24) is 0 Å². The smallest absolute Gasteiger partial charge is 0.241 e. The molecule has 10 nitrogen and oxygen atoms in total. The van der Waals surface area contributed by atoms with Gasteiger partial charge in [-0.05, 0) is 86.6 Å². The van der Waals surface area contributed by atoms with Gasteiger partial charge in [0.25, 0.3) is 0 Å². The van der Waals surface area contributed by atoms with Crippen molar-refractivity contribution in [3.05, 3.63) is 72.8 Å². The van der Waals surface area contributed by atoms with E-state index in [4.69, 9.17) is 15.2 Å². The van der Waals surface area contributed by atoms with Crippen molar-refractivity contribution in [1.29, 1.82) is 0 Å². The maximum absolute atomic E-state index is 13.7. The highest BCUT2D eigenvalue weighted by molar-refractivity contribution is 6.34. The van der Waals surface area contributed by atoms with Gasteiger partial charge in [0.15, 0.2) is 0 Å². The zero-order valence-electron chi connectivity index (χ0n) is 21.2. The first-order valence-electron chi connectivity index (χ1n) is 12.4. The quantitative estimate of drug-likeness (QED) is 0.283. The Morgan fingerprint density at radius 2 is 1.08 bits per heavy atom. The van der Waals surface area contributed by atoms with Crippen molar-refractivity contribution in [2.24, 2.45) is 22.7 Å². The lowest BCUT2D eigenvalue weighted by Gasteiger charge is -2.53. The van der Waals surface area contributed by atoms with E-state index in [-0.39, 0.29) is 18.2 Å². The summed E-state index contributed by atoms with van der Waals surface area (Å²) in [5, 5.41) is 9.59. The van der Waals surface area contributed by atoms with Crippen LogP contribution < -0.4 is 25.0 Å². The minimum absolute atomic E-state index is 0.0115. The molecule has 4 amide bonds. The van der Waals surface area contributed by atoms with E-state index in [9.17, 15) is 24.3 Å². The zero-order valence-corrected chi connectivity index (χ0v) is 21.2. The fourth-order valence-corrected chi connectivity index (χ4v) is 6.45. The van der Waals surface area contributed by atoms with Gasteiger partial charge < -0.3 is 20.3 Å². The molecular weight excluding hydrogens is 502 g/mol. The number of imide groups is 2. The molecule has 10 heteroatoms. The number of ether oxygens (including phenoxy) is 2. The molecule has 198 valence electrons. The predicted molar refractivity (Wildman–Crippen MR) is 140 cm³/mol. The molecule has 1 saturated carbocycles. The number of hydrogen-bond donors (Lipinski definition) is 2. The number of nitrogen functional groups attached to an aromatic ring is 1. The maximum Gasteiger partial charge on any atom is 0.241 e. The van der Waals surface area contributed by atoms with Gasteiger partial charge in [-0.1, -0.05) is 0 Å². The van der Waals surface area contributed by atoms with Crippen molar-refractivity contribution < 1.29 is 33.8 Å². The lowest BCUT2D eigenvalue weighted by atomic mass is 9.41. The van der Waals surface area contributed by atoms with Gasteiger partial charge in [-0.15, -0.1) is 0 Å². The fraction of sp³-hybridized carbons (Fsp3) is 0.241. The minimum Gasteiger partial charge on any atom is -0.508 e. The molecule has 39 heavy (non-hydrogen) atoms. The number of nitrogens with zero attached hydrogens (tertiary/aromatic N) is 2. The number of phenolic OH excluding ortho intramolecular Hbond substituents is 1. The number of fused-ring (bicyclic) bond motifs is 4. The van der Waals surface area contributed by atoms with Crippen LogP contribution in [-0.4, -0.2) is 35.5 Å². The van der Waals surface area contributed by atoms with E-state index in [1.54, 1.807) is 62.4 Å². The van der Waals surface area contributed by atoms with Gasteiger partial charge in [0.05, 0.1) is 34.0 Å². The number of rotatable bonds is 6. The monoisotopic (exact) mass is 527 g/mol. The third-order valence-electron chi connectivity index (χ3n) is 8.20. The Morgan fingerprint density at radius 1 is 0.692 bits per heavy atom. The molecule has 0 radical (unpaired) electrons. The number of hydrogen-bond acceptors (Lipinski definition) is 8. The van der Waals surface area contributed by atoms with Crippen LogP contribution >= 0.6 is 0 Å². The molecule has 3 aliphatic rings. The van der Waals surface area contributed by atoms with Gasteiger partial charge in [0.2, 0.25) is 30.4 Å². The third kappa shape index (κ3) is 3.27. The van der Waals surface area contributed by atoms with E-state index >= 15 is 0 Å². The summed E-state index contributed by atoms with van der Waals surface area (Å²) in [4.78, 5) is 56.5. The number of carbonyl (C=O) groups excluding carboxylic acids is 4. The molecular formula is C29H25N3O7. The number of aromatic hydroxyl groups is 1. The first-order chi connectivity index (χ1) is 18.6. The molecule has 3 aromatic carbocycles. The lowest BCUT2D eigenvalue weighted by molar-refractivity contribution is -0.179. The Bertz CT molecular complexity index is 1520. The van der Waals surface area contributed by atoms with Crippen LogP contribution in [0.3, 0.4) is 0 Å². The highest BCUT2D eigenvalue weighted by Crippen LogP contribution is 2.71. The number of amides is 4. The second-order valence-corrected chi connectivity index (χ2v) is 10.4. The Morgan fingerprint density at radius 3 is 1.51 bits per heavy atom. The summed E-state index contributed by atoms with van der Waals surface area (Å²) < 4.78 is 11.1. The fourth-order valence-electron chi connectivity index (χ4n) is 6.45. The molecule has 2 heterocycles. The molecule has 2 aliphatic heterocycles. The van der Waals surface area contributed by atoms with Crippen molar-refractivity contribution in [3.63, 3.8) is 0 Å². The Labute approximate surface area is 223 Å². The molecule has 2 saturated heterocycles. The van der Waals surface area contributed by atoms with Gasteiger partial charge in [0, 0.05) is 5.69 Å². The predicted octanol–water partition coefficient (Wildman–Crippen LogP) is 3.09. The van der Waals surface area contributed by atoms with Crippen molar-refractivity contribution >= 4 is 40.7 Å². The molecule has 0 spiro atoms. The molecule has 3 aromatic rings. The lowest BCUT2D eigenvalue weighted by Crippen LogP contribution is -2.65. The van der Waals surface area contributed by atoms with E-state index in [0.29, 0.717) is 22.9 Å². The average Bonchev–Trinajstić information content (AvgIpc) is 3.20. The number of benzene rings is 3. The van der Waals surface area contributed by atoms with Crippen LogP contribution in [0.5, 0.6) is 17.2 Å². The van der Waals surface area contributed by atoms with Crippen LogP contribution in [-0.2, 0) is 19.2 Å². The molecule has 3 fully saturated rings. The molecule has 4 atom stereocenters. The molecule has 6 rings (SSSR count). The minimum atomic E-state index is -1.35. The summed E-state index contributed by atoms with van der Waals surface area (Å²) in [6.45, 7) is 3.10. The van der Waals surface area contributed by atoms with E-state index < -0.39 is 46.3 Å². The van der Waals surface area contributed by atoms with Crippen LogP contribution in [0, 0.1) is 22.7 Å². The second-order valence-electron chi connectivity index (χ2n) is 10.4. The second kappa shape index (κ2) is 8.32. The topological polar surface area (TPSA) is 139 Å². The van der Waals surface area contributed by atoms with E-state index in [1.165, 1.54) is 24.3 Å². The van der Waals surface area contributed by atoms with Crippen molar-refractivity contribution in [2.75, 3.05) is 22.3 Å². The van der Waals surface area contributed by atoms with Gasteiger partial charge in [0.1, 0.15) is 17.2 Å². The van der Waals surface area contributed by atoms with E-state index in [0.717, 1.165) is 9.80 Å². The normalized spacial score (nSPS) is 27.3. The summed E-state index contributed by atoms with van der Waals surface area (Å²) in [5.74, 6) is -3.02. The highest BCUT2D eigenvalue weighted by Gasteiger charge is 2.85. The summed E-state index contributed by atoms with van der Waals surface area (Å²) in [7, 11) is 0. The maximum atomic E-state index is 13.7. The molecule has 0 bridgehead atoms. The van der Waals surface area contributed by atoms with Crippen molar-refractivity contribution in [3.8, 4) is 17.2 Å². The van der Waals surface area contributed by atoms with Gasteiger partial charge in [-0.2, -0.15) is 0 Å². The van der Waals surface area contributed by atoms with Crippen molar-refractivity contribution in [2.45, 2.75) is 13.8 Å². The molecule has 0 aromatic heterocycles. The first-order valence-corrected chi connectivity index (χ1v) is 12.4. The number of nitrogens with two attached hydrogens (primary N) is 1. The number of phenols is 1. The Kier molecular flexibility index (Phi) is 5.22. The molecule has 4 unspecified atom stereocenters. The van der Waals surface area contributed by atoms with Gasteiger partial charge in [-0.25, -0.2) is 9.80 Å². The Balaban J connectivity index is 1.21. The number of carbonyl (C=O) groups is 4. The van der Waals surface area contributed by atoms with Crippen LogP contribution in [0.25, 0.3) is 0 Å². The molecule has 3 N–H and O–H groups in total. The van der Waals surface area contributed by atoms with Crippen LogP contribution in [0.1, 0.15) is 13.8 Å². The van der Waals surface area contributed by atoms with Crippen LogP contribution in [0.15, 0.2) is 72.8 Å². The highest BCUT2D eigenvalue weighted by atomic mass is 16.7. The summed E-state index contributed by atoms with van der Waals surface area (Å²) in [6, 6.07) is 18.9. The third-order valence-corrected chi connectivity index (χ3v) is 8.20. The van der Waals surface area contributed by atoms with Crippen LogP contribution in [0.4, 0.5) is 17.1 Å². The largest absolute Gasteiger partial charge is 0.508 e. The average molecular weight is 528 g/mol. The van der Waals surface area contributed by atoms with E-state index in [1.807, 2.05) is 0 Å². The first kappa shape index (κ1) is 24.5. The zero-order chi connectivity index (χ0) is 27.7. The summed E-state index contributed by atoms with van der Waals surface area (Å²) in [6.07, 6.45) is 0. The molecule has 1 aliphatic carbocycles.